The van der Waals surface area contributed by atoms with Gasteiger partial charge < -0.3 is 19.6 Å². The maximum atomic E-state index is 12.5. The summed E-state index contributed by atoms with van der Waals surface area (Å²) in [7, 11) is 1.59. The van der Waals surface area contributed by atoms with Crippen LogP contribution in [-0.2, 0) is 4.79 Å². The molecule has 0 aliphatic carbocycles. The number of rotatable bonds is 4. The van der Waals surface area contributed by atoms with Gasteiger partial charge in [-0.15, -0.1) is 0 Å². The normalized spacial score (nSPS) is 20.2. The lowest BCUT2D eigenvalue weighted by atomic mass is 10.2. The van der Waals surface area contributed by atoms with E-state index in [9.17, 15) is 9.90 Å². The third-order valence-corrected chi connectivity index (χ3v) is 4.84. The molecule has 2 aliphatic heterocycles. The summed E-state index contributed by atoms with van der Waals surface area (Å²) in [5.41, 5.74) is 1.79. The summed E-state index contributed by atoms with van der Waals surface area (Å²) in [6.45, 7) is 4.58. The standard InChI is InChI=1S/C18H23ClN4O3/c1-13-3-6-17(24)23(20-13)12-18(25)22-9-7-21(8-10-22)14-4-5-15(19)16(11-14)26-2/h3-6,11,17,24H,7-10,12H2,1-2H3. The van der Waals surface area contributed by atoms with Crippen molar-refractivity contribution in [2.24, 2.45) is 5.10 Å². The molecule has 1 aromatic carbocycles. The Morgan fingerprint density at radius 1 is 1.35 bits per heavy atom. The molecular weight excluding hydrogens is 356 g/mol. The molecule has 26 heavy (non-hydrogen) atoms. The summed E-state index contributed by atoms with van der Waals surface area (Å²) in [6.07, 6.45) is 2.51. The third kappa shape index (κ3) is 4.11. The van der Waals surface area contributed by atoms with Crippen LogP contribution in [0.25, 0.3) is 0 Å². The molecule has 1 unspecified atom stereocenters. The number of carbonyl (C=O) groups excluding carboxylic acids is 1. The van der Waals surface area contributed by atoms with E-state index in [4.69, 9.17) is 16.3 Å². The van der Waals surface area contributed by atoms with Crippen molar-refractivity contribution >= 4 is 28.9 Å². The molecule has 0 bridgehead atoms. The number of aliphatic hydroxyl groups excluding tert-OH is 1. The number of hydrogen-bond donors (Lipinski definition) is 1. The highest BCUT2D eigenvalue weighted by atomic mass is 35.5. The van der Waals surface area contributed by atoms with E-state index in [-0.39, 0.29) is 12.5 Å². The number of piperazine rings is 1. The fourth-order valence-corrected chi connectivity index (χ4v) is 3.24. The number of halogens is 1. The van der Waals surface area contributed by atoms with Crippen LogP contribution in [0.15, 0.2) is 35.5 Å². The predicted molar refractivity (Wildman–Crippen MR) is 102 cm³/mol. The Bertz CT molecular complexity index is 729. The average molecular weight is 379 g/mol. The lowest BCUT2D eigenvalue weighted by molar-refractivity contribution is -0.134. The van der Waals surface area contributed by atoms with Crippen LogP contribution in [0.3, 0.4) is 0 Å². The highest BCUT2D eigenvalue weighted by Crippen LogP contribution is 2.29. The minimum absolute atomic E-state index is 0.0377. The van der Waals surface area contributed by atoms with E-state index >= 15 is 0 Å². The molecule has 3 rings (SSSR count). The monoisotopic (exact) mass is 378 g/mol. The first kappa shape index (κ1) is 18.5. The van der Waals surface area contributed by atoms with Gasteiger partial charge in [-0.2, -0.15) is 5.10 Å². The van der Waals surface area contributed by atoms with Crippen molar-refractivity contribution in [3.63, 3.8) is 0 Å². The van der Waals surface area contributed by atoms with Crippen molar-refractivity contribution in [1.29, 1.82) is 0 Å². The number of hydrogen-bond acceptors (Lipinski definition) is 6. The first-order valence-electron chi connectivity index (χ1n) is 8.52. The topological polar surface area (TPSA) is 68.6 Å². The molecule has 2 aliphatic rings. The van der Waals surface area contributed by atoms with Gasteiger partial charge in [0, 0.05) is 37.9 Å². The summed E-state index contributed by atoms with van der Waals surface area (Å²) < 4.78 is 5.27. The van der Waals surface area contributed by atoms with Crippen LogP contribution in [0.4, 0.5) is 5.69 Å². The van der Waals surface area contributed by atoms with Crippen LogP contribution in [0.5, 0.6) is 5.75 Å². The number of carbonyl (C=O) groups is 1. The van der Waals surface area contributed by atoms with E-state index in [0.717, 1.165) is 24.5 Å². The Hall–Kier alpha value is -2.25. The lowest BCUT2D eigenvalue weighted by Gasteiger charge is -2.37. The maximum Gasteiger partial charge on any atom is 0.244 e. The van der Waals surface area contributed by atoms with Crippen LogP contribution in [0.2, 0.25) is 5.02 Å². The smallest absolute Gasteiger partial charge is 0.244 e. The highest BCUT2D eigenvalue weighted by Gasteiger charge is 2.25. The molecule has 140 valence electrons. The third-order valence-electron chi connectivity index (χ3n) is 4.53. The number of allylic oxidation sites excluding steroid dienone is 1. The fourth-order valence-electron chi connectivity index (χ4n) is 3.05. The molecule has 1 saturated heterocycles. The van der Waals surface area contributed by atoms with E-state index in [1.54, 1.807) is 24.2 Å². The lowest BCUT2D eigenvalue weighted by Crippen LogP contribution is -2.51. The SMILES string of the molecule is COc1cc(N2CCN(C(=O)CN3N=C(C)C=CC3O)CC2)ccc1Cl. The number of ether oxygens (including phenoxy) is 1. The van der Waals surface area contributed by atoms with Gasteiger partial charge in [-0.3, -0.25) is 9.80 Å². The minimum Gasteiger partial charge on any atom is -0.495 e. The van der Waals surface area contributed by atoms with Gasteiger partial charge in [0.2, 0.25) is 5.91 Å². The average Bonchev–Trinajstić information content (AvgIpc) is 2.65. The number of hydrazone groups is 1. The number of amides is 1. The molecule has 1 atom stereocenters. The van der Waals surface area contributed by atoms with E-state index in [1.807, 2.05) is 25.1 Å². The Balaban J connectivity index is 1.56. The van der Waals surface area contributed by atoms with Crippen molar-refractivity contribution in [3.8, 4) is 5.75 Å². The largest absolute Gasteiger partial charge is 0.495 e. The highest BCUT2D eigenvalue weighted by molar-refractivity contribution is 6.32. The number of nitrogens with zero attached hydrogens (tertiary/aromatic N) is 4. The zero-order valence-corrected chi connectivity index (χ0v) is 15.7. The van der Waals surface area contributed by atoms with Crippen LogP contribution in [0, 0.1) is 0 Å². The first-order chi connectivity index (χ1) is 12.5. The van der Waals surface area contributed by atoms with Crippen LogP contribution < -0.4 is 9.64 Å². The predicted octanol–water partition coefficient (Wildman–Crippen LogP) is 1.56. The van der Waals surface area contributed by atoms with Gasteiger partial charge in [0.15, 0.2) is 6.23 Å². The second-order valence-electron chi connectivity index (χ2n) is 6.30. The quantitative estimate of drug-likeness (QED) is 0.861. The van der Waals surface area contributed by atoms with Crippen LogP contribution >= 0.6 is 11.6 Å². The summed E-state index contributed by atoms with van der Waals surface area (Å²) in [6, 6.07) is 5.68. The second-order valence-corrected chi connectivity index (χ2v) is 6.71. The van der Waals surface area contributed by atoms with Gasteiger partial charge in [0.05, 0.1) is 17.8 Å². The van der Waals surface area contributed by atoms with Crippen molar-refractivity contribution in [2.45, 2.75) is 13.2 Å². The van der Waals surface area contributed by atoms with Gasteiger partial charge >= 0.3 is 0 Å². The molecule has 1 amide bonds. The van der Waals surface area contributed by atoms with E-state index < -0.39 is 6.23 Å². The van der Waals surface area contributed by atoms with Gasteiger partial charge in [0.1, 0.15) is 12.3 Å². The molecular formula is C18H23ClN4O3. The summed E-state index contributed by atoms with van der Waals surface area (Å²) in [5.74, 6) is 0.604. The van der Waals surface area contributed by atoms with Crippen molar-refractivity contribution in [2.75, 3.05) is 44.7 Å². The molecule has 0 aromatic heterocycles. The molecule has 0 radical (unpaired) electrons. The van der Waals surface area contributed by atoms with Crippen molar-refractivity contribution in [3.05, 3.63) is 35.4 Å². The molecule has 0 spiro atoms. The van der Waals surface area contributed by atoms with Gasteiger partial charge in [-0.1, -0.05) is 11.6 Å². The second kappa shape index (κ2) is 7.97. The zero-order chi connectivity index (χ0) is 18.7. The number of benzene rings is 1. The molecule has 0 saturated carbocycles. The van der Waals surface area contributed by atoms with Gasteiger partial charge in [0.25, 0.3) is 0 Å². The van der Waals surface area contributed by atoms with Crippen LogP contribution in [-0.4, -0.2) is 72.7 Å². The minimum atomic E-state index is -0.856. The molecule has 1 N–H and O–H groups in total. The molecule has 1 fully saturated rings. The molecule has 7 nitrogen and oxygen atoms in total. The first-order valence-corrected chi connectivity index (χ1v) is 8.90. The summed E-state index contributed by atoms with van der Waals surface area (Å²) in [4.78, 5) is 16.5. The van der Waals surface area contributed by atoms with E-state index in [0.29, 0.717) is 23.9 Å². The van der Waals surface area contributed by atoms with Crippen LogP contribution in [0.1, 0.15) is 6.92 Å². The Labute approximate surface area is 158 Å². The Kier molecular flexibility index (Phi) is 5.68. The molecule has 2 heterocycles. The van der Waals surface area contributed by atoms with Gasteiger partial charge in [-0.05, 0) is 31.2 Å². The maximum absolute atomic E-state index is 12.5. The number of aliphatic hydroxyl groups is 1. The molecule has 1 aromatic rings. The number of anilines is 1. The Morgan fingerprint density at radius 3 is 2.77 bits per heavy atom. The van der Waals surface area contributed by atoms with E-state index in [1.165, 1.54) is 5.01 Å². The van der Waals surface area contributed by atoms with Crippen molar-refractivity contribution < 1.29 is 14.6 Å². The fraction of sp³-hybridized carbons (Fsp3) is 0.444. The van der Waals surface area contributed by atoms with Crippen molar-refractivity contribution in [1.82, 2.24) is 9.91 Å². The number of methoxy groups -OCH3 is 1. The summed E-state index contributed by atoms with van der Waals surface area (Å²) in [5, 5.41) is 16.1. The van der Waals surface area contributed by atoms with Gasteiger partial charge in [-0.25, -0.2) is 0 Å². The summed E-state index contributed by atoms with van der Waals surface area (Å²) >= 11 is 6.08. The van der Waals surface area contributed by atoms with E-state index in [2.05, 4.69) is 10.0 Å². The zero-order valence-electron chi connectivity index (χ0n) is 14.9. The molecule has 8 heteroatoms. The Morgan fingerprint density at radius 2 is 2.08 bits per heavy atom.